The minimum atomic E-state index is -4.43. The molecule has 1 aromatic carbocycles. The fraction of sp³-hybridized carbons (Fsp3) is 0.533. The van der Waals surface area contributed by atoms with Gasteiger partial charge in [0.15, 0.2) is 0 Å². The van der Waals surface area contributed by atoms with Gasteiger partial charge >= 0.3 is 6.18 Å². The number of alkyl halides is 3. The van der Waals surface area contributed by atoms with Crippen LogP contribution in [0.2, 0.25) is 0 Å². The standard InChI is InChI=1S/C15H19F3N2O/c1-10-5-6-11(9-12(10)15(16,17)18)20-13(21)14(19)7-3-2-4-8-14/h5-6,9H,2-4,7-8,19H2,1H3,(H,20,21). The topological polar surface area (TPSA) is 55.1 Å². The number of halogens is 3. The number of carbonyl (C=O) groups is 1. The molecule has 0 heterocycles. The molecule has 0 aromatic heterocycles. The van der Waals surface area contributed by atoms with E-state index in [1.54, 1.807) is 0 Å². The largest absolute Gasteiger partial charge is 0.416 e. The van der Waals surface area contributed by atoms with Crippen molar-refractivity contribution in [2.24, 2.45) is 5.73 Å². The normalized spacial score (nSPS) is 18.3. The maximum atomic E-state index is 12.9. The lowest BCUT2D eigenvalue weighted by atomic mass is 9.82. The third kappa shape index (κ3) is 3.56. The molecule has 0 saturated heterocycles. The van der Waals surface area contributed by atoms with Crippen LogP contribution in [-0.2, 0) is 11.0 Å². The first-order chi connectivity index (χ1) is 9.72. The Bertz CT molecular complexity index is 534. The molecule has 1 aliphatic carbocycles. The van der Waals surface area contributed by atoms with Crippen molar-refractivity contribution in [3.8, 4) is 0 Å². The zero-order valence-electron chi connectivity index (χ0n) is 11.9. The van der Waals surface area contributed by atoms with E-state index in [2.05, 4.69) is 5.32 Å². The van der Waals surface area contributed by atoms with E-state index in [-0.39, 0.29) is 11.3 Å². The molecule has 0 bridgehead atoms. The summed E-state index contributed by atoms with van der Waals surface area (Å²) in [6, 6.07) is 3.77. The molecule has 6 heteroatoms. The summed E-state index contributed by atoms with van der Waals surface area (Å²) < 4.78 is 38.6. The molecule has 3 N–H and O–H groups in total. The first-order valence-corrected chi connectivity index (χ1v) is 7.00. The third-order valence-corrected chi connectivity index (χ3v) is 4.00. The molecule has 1 amide bonds. The Kier molecular flexibility index (Phi) is 4.27. The van der Waals surface area contributed by atoms with Crippen LogP contribution in [0.5, 0.6) is 0 Å². The van der Waals surface area contributed by atoms with Crippen LogP contribution >= 0.6 is 0 Å². The van der Waals surface area contributed by atoms with Gasteiger partial charge in [-0.15, -0.1) is 0 Å². The van der Waals surface area contributed by atoms with Gasteiger partial charge in [-0.05, 0) is 37.5 Å². The molecular formula is C15H19F3N2O. The number of benzene rings is 1. The molecule has 2 rings (SSSR count). The lowest BCUT2D eigenvalue weighted by molar-refractivity contribution is -0.138. The van der Waals surface area contributed by atoms with Gasteiger partial charge in [0.05, 0.1) is 11.1 Å². The molecule has 1 aliphatic rings. The van der Waals surface area contributed by atoms with Crippen LogP contribution in [0.1, 0.15) is 43.2 Å². The number of nitrogens with two attached hydrogens (primary N) is 1. The van der Waals surface area contributed by atoms with Crippen LogP contribution in [-0.4, -0.2) is 11.4 Å². The first-order valence-electron chi connectivity index (χ1n) is 7.00. The van der Waals surface area contributed by atoms with Crippen molar-refractivity contribution < 1.29 is 18.0 Å². The molecule has 21 heavy (non-hydrogen) atoms. The fourth-order valence-electron chi connectivity index (χ4n) is 2.67. The van der Waals surface area contributed by atoms with Crippen LogP contribution in [0.15, 0.2) is 18.2 Å². The number of nitrogens with one attached hydrogen (secondary N) is 1. The zero-order chi connectivity index (χ0) is 15.7. The van der Waals surface area contributed by atoms with Crippen LogP contribution in [0.25, 0.3) is 0 Å². The van der Waals surface area contributed by atoms with E-state index in [0.717, 1.165) is 25.3 Å². The van der Waals surface area contributed by atoms with Gasteiger partial charge in [0, 0.05) is 5.69 Å². The number of aryl methyl sites for hydroxylation is 1. The van der Waals surface area contributed by atoms with Gasteiger partial charge in [0.25, 0.3) is 0 Å². The summed E-state index contributed by atoms with van der Waals surface area (Å²) in [6.45, 7) is 1.39. The molecule has 116 valence electrons. The molecule has 0 radical (unpaired) electrons. The van der Waals surface area contributed by atoms with Crippen molar-refractivity contribution in [3.05, 3.63) is 29.3 Å². The van der Waals surface area contributed by atoms with E-state index in [1.807, 2.05) is 0 Å². The number of carbonyl (C=O) groups excluding carboxylic acids is 1. The van der Waals surface area contributed by atoms with Crippen molar-refractivity contribution in [2.75, 3.05) is 5.32 Å². The maximum Gasteiger partial charge on any atom is 0.416 e. The van der Waals surface area contributed by atoms with E-state index in [9.17, 15) is 18.0 Å². The molecule has 1 saturated carbocycles. The Morgan fingerprint density at radius 1 is 1.24 bits per heavy atom. The van der Waals surface area contributed by atoms with Crippen molar-refractivity contribution in [1.82, 2.24) is 0 Å². The summed E-state index contributed by atoms with van der Waals surface area (Å²) in [4.78, 5) is 12.2. The number of anilines is 1. The molecule has 0 spiro atoms. The lowest BCUT2D eigenvalue weighted by Crippen LogP contribution is -2.52. The highest BCUT2D eigenvalue weighted by atomic mass is 19.4. The Morgan fingerprint density at radius 2 is 1.86 bits per heavy atom. The second-order valence-electron chi connectivity index (χ2n) is 5.70. The Hall–Kier alpha value is -1.56. The van der Waals surface area contributed by atoms with Gasteiger partial charge in [-0.25, -0.2) is 0 Å². The summed E-state index contributed by atoms with van der Waals surface area (Å²) in [5, 5.41) is 2.53. The summed E-state index contributed by atoms with van der Waals surface area (Å²) in [5.41, 5.74) is 4.62. The van der Waals surface area contributed by atoms with Gasteiger partial charge in [0.1, 0.15) is 0 Å². The van der Waals surface area contributed by atoms with E-state index in [1.165, 1.54) is 19.1 Å². The molecule has 0 aliphatic heterocycles. The highest BCUT2D eigenvalue weighted by molar-refractivity contribution is 5.98. The Labute approximate surface area is 121 Å². The van der Waals surface area contributed by atoms with Crippen LogP contribution in [0.4, 0.5) is 18.9 Å². The highest BCUT2D eigenvalue weighted by Gasteiger charge is 2.36. The number of hydrogen-bond acceptors (Lipinski definition) is 2. The minimum Gasteiger partial charge on any atom is -0.324 e. The first kappa shape index (κ1) is 15.8. The number of hydrogen-bond donors (Lipinski definition) is 2. The van der Waals surface area contributed by atoms with Crippen LogP contribution in [0.3, 0.4) is 0 Å². The minimum absolute atomic E-state index is 0.126. The van der Waals surface area contributed by atoms with E-state index in [0.29, 0.717) is 12.8 Å². The molecule has 3 nitrogen and oxygen atoms in total. The Morgan fingerprint density at radius 3 is 2.43 bits per heavy atom. The third-order valence-electron chi connectivity index (χ3n) is 4.00. The van der Waals surface area contributed by atoms with Crippen molar-refractivity contribution in [3.63, 3.8) is 0 Å². The highest BCUT2D eigenvalue weighted by Crippen LogP contribution is 2.34. The van der Waals surface area contributed by atoms with Gasteiger partial charge in [-0.1, -0.05) is 25.3 Å². The molecule has 0 unspecified atom stereocenters. The zero-order valence-corrected chi connectivity index (χ0v) is 11.9. The maximum absolute atomic E-state index is 12.9. The van der Waals surface area contributed by atoms with E-state index < -0.39 is 23.2 Å². The second-order valence-corrected chi connectivity index (χ2v) is 5.70. The second kappa shape index (κ2) is 5.67. The van der Waals surface area contributed by atoms with Crippen molar-refractivity contribution >= 4 is 11.6 Å². The van der Waals surface area contributed by atoms with Gasteiger partial charge in [0.2, 0.25) is 5.91 Å². The average molecular weight is 300 g/mol. The predicted octanol–water partition coefficient (Wildman–Crippen LogP) is 3.61. The summed E-state index contributed by atoms with van der Waals surface area (Å²) in [6.07, 6.45) is -0.532. The molecule has 0 atom stereocenters. The number of rotatable bonds is 2. The molecule has 1 aromatic rings. The lowest BCUT2D eigenvalue weighted by Gasteiger charge is -2.31. The molecule has 1 fully saturated rings. The smallest absolute Gasteiger partial charge is 0.324 e. The van der Waals surface area contributed by atoms with Crippen LogP contribution < -0.4 is 11.1 Å². The monoisotopic (exact) mass is 300 g/mol. The van der Waals surface area contributed by atoms with E-state index in [4.69, 9.17) is 5.73 Å². The summed E-state index contributed by atoms with van der Waals surface area (Å²) in [5.74, 6) is -0.404. The summed E-state index contributed by atoms with van der Waals surface area (Å²) >= 11 is 0. The van der Waals surface area contributed by atoms with Crippen molar-refractivity contribution in [1.29, 1.82) is 0 Å². The van der Waals surface area contributed by atoms with Gasteiger partial charge in [-0.3, -0.25) is 4.79 Å². The van der Waals surface area contributed by atoms with Crippen molar-refractivity contribution in [2.45, 2.75) is 50.7 Å². The van der Waals surface area contributed by atoms with Gasteiger partial charge in [-0.2, -0.15) is 13.2 Å². The Balaban J connectivity index is 2.18. The van der Waals surface area contributed by atoms with E-state index >= 15 is 0 Å². The molecular weight excluding hydrogens is 281 g/mol. The fourth-order valence-corrected chi connectivity index (χ4v) is 2.67. The SMILES string of the molecule is Cc1ccc(NC(=O)C2(N)CCCCC2)cc1C(F)(F)F. The summed E-state index contributed by atoms with van der Waals surface area (Å²) in [7, 11) is 0. The predicted molar refractivity (Wildman–Crippen MR) is 74.8 cm³/mol. The quantitative estimate of drug-likeness (QED) is 0.876. The number of amides is 1. The average Bonchev–Trinajstić information content (AvgIpc) is 2.40. The van der Waals surface area contributed by atoms with Crippen LogP contribution in [0, 0.1) is 6.92 Å². The van der Waals surface area contributed by atoms with Gasteiger partial charge < -0.3 is 11.1 Å².